The van der Waals surface area contributed by atoms with E-state index in [0.29, 0.717) is 0 Å². The Hall–Kier alpha value is -0.0800. The van der Waals surface area contributed by atoms with Crippen LogP contribution in [0.2, 0.25) is 0 Å². The van der Waals surface area contributed by atoms with Crippen LogP contribution in [-0.2, 0) is 0 Å². The lowest BCUT2D eigenvalue weighted by atomic mass is 9.88. The van der Waals surface area contributed by atoms with Crippen molar-refractivity contribution in [3.8, 4) is 0 Å². The van der Waals surface area contributed by atoms with E-state index in [1.54, 1.807) is 0 Å². The van der Waals surface area contributed by atoms with E-state index in [4.69, 9.17) is 5.73 Å². The fourth-order valence-corrected chi connectivity index (χ4v) is 2.58. The van der Waals surface area contributed by atoms with Crippen molar-refractivity contribution < 1.29 is 0 Å². The zero-order chi connectivity index (χ0) is 10.4. The molecule has 2 heteroatoms. The van der Waals surface area contributed by atoms with Crippen molar-refractivity contribution in [3.05, 3.63) is 0 Å². The summed E-state index contributed by atoms with van der Waals surface area (Å²) in [5, 5.41) is 0. The van der Waals surface area contributed by atoms with Crippen LogP contribution in [0.25, 0.3) is 0 Å². The maximum atomic E-state index is 6.50. The molecule has 0 spiro atoms. The van der Waals surface area contributed by atoms with Crippen molar-refractivity contribution >= 4 is 0 Å². The Bertz CT molecular complexity index is 144. The van der Waals surface area contributed by atoms with Crippen LogP contribution in [0.15, 0.2) is 0 Å². The van der Waals surface area contributed by atoms with Crippen LogP contribution in [0.1, 0.15) is 58.8 Å². The lowest BCUT2D eigenvalue weighted by Gasteiger charge is -2.43. The van der Waals surface area contributed by atoms with E-state index in [1.807, 2.05) is 0 Å². The fraction of sp³-hybridized carbons (Fsp3) is 1.00. The van der Waals surface area contributed by atoms with E-state index in [2.05, 4.69) is 18.7 Å². The minimum Gasteiger partial charge on any atom is -0.313 e. The molecule has 0 aliphatic heterocycles. The third-order valence-corrected chi connectivity index (χ3v) is 3.34. The maximum Gasteiger partial charge on any atom is 0.0687 e. The Morgan fingerprint density at radius 1 is 1.00 bits per heavy atom. The second kappa shape index (κ2) is 5.72. The van der Waals surface area contributed by atoms with Crippen LogP contribution in [0.4, 0.5) is 0 Å². The Morgan fingerprint density at radius 3 is 1.93 bits per heavy atom. The van der Waals surface area contributed by atoms with Gasteiger partial charge in [0.15, 0.2) is 0 Å². The van der Waals surface area contributed by atoms with Gasteiger partial charge in [-0.05, 0) is 38.8 Å². The summed E-state index contributed by atoms with van der Waals surface area (Å²) < 4.78 is 0. The molecule has 0 heterocycles. The average Bonchev–Trinajstić information content (AvgIpc) is 2.19. The average molecular weight is 198 g/mol. The Morgan fingerprint density at radius 2 is 1.50 bits per heavy atom. The number of nitrogens with zero attached hydrogens (tertiary/aromatic N) is 1. The third-order valence-electron chi connectivity index (χ3n) is 3.34. The van der Waals surface area contributed by atoms with Gasteiger partial charge < -0.3 is 5.73 Å². The largest absolute Gasteiger partial charge is 0.313 e. The molecule has 0 atom stereocenters. The molecule has 1 aliphatic rings. The molecule has 0 saturated heterocycles. The van der Waals surface area contributed by atoms with Crippen molar-refractivity contribution in [1.82, 2.24) is 4.90 Å². The molecule has 1 fully saturated rings. The molecule has 84 valence electrons. The van der Waals surface area contributed by atoms with Crippen molar-refractivity contribution in [3.63, 3.8) is 0 Å². The van der Waals surface area contributed by atoms with Gasteiger partial charge in [0, 0.05) is 0 Å². The minimum absolute atomic E-state index is 0.0320. The van der Waals surface area contributed by atoms with Gasteiger partial charge in [-0.15, -0.1) is 0 Å². The zero-order valence-electron chi connectivity index (χ0n) is 9.89. The van der Waals surface area contributed by atoms with Gasteiger partial charge in [0.05, 0.1) is 5.66 Å². The highest BCUT2D eigenvalue weighted by Crippen LogP contribution is 2.29. The summed E-state index contributed by atoms with van der Waals surface area (Å²) in [7, 11) is 0. The van der Waals surface area contributed by atoms with E-state index in [9.17, 15) is 0 Å². The summed E-state index contributed by atoms with van der Waals surface area (Å²) in [4.78, 5) is 2.52. The molecule has 0 aromatic carbocycles. The second-order valence-electron chi connectivity index (χ2n) is 4.65. The van der Waals surface area contributed by atoms with Gasteiger partial charge in [0.2, 0.25) is 0 Å². The molecular weight excluding hydrogens is 172 g/mol. The molecule has 0 aromatic heterocycles. The van der Waals surface area contributed by atoms with Gasteiger partial charge in [-0.25, -0.2) is 0 Å². The van der Waals surface area contributed by atoms with Crippen molar-refractivity contribution in [2.75, 3.05) is 13.1 Å². The number of hydrogen-bond acceptors (Lipinski definition) is 2. The van der Waals surface area contributed by atoms with E-state index >= 15 is 0 Å². The number of hydrogen-bond donors (Lipinski definition) is 1. The molecule has 2 nitrogen and oxygen atoms in total. The maximum absolute atomic E-state index is 6.50. The van der Waals surface area contributed by atoms with Crippen LogP contribution in [0.3, 0.4) is 0 Å². The van der Waals surface area contributed by atoms with Gasteiger partial charge in [-0.1, -0.05) is 33.1 Å². The molecule has 1 aliphatic carbocycles. The molecule has 0 aromatic rings. The van der Waals surface area contributed by atoms with Crippen LogP contribution in [-0.4, -0.2) is 23.7 Å². The lowest BCUT2D eigenvalue weighted by Crippen LogP contribution is -2.57. The molecule has 0 bridgehead atoms. The quantitative estimate of drug-likeness (QED) is 0.688. The second-order valence-corrected chi connectivity index (χ2v) is 4.65. The molecule has 0 radical (unpaired) electrons. The van der Waals surface area contributed by atoms with E-state index < -0.39 is 0 Å². The first-order valence-corrected chi connectivity index (χ1v) is 6.27. The molecule has 1 rings (SSSR count). The summed E-state index contributed by atoms with van der Waals surface area (Å²) in [6.45, 7) is 6.83. The molecule has 0 amide bonds. The highest BCUT2D eigenvalue weighted by Gasteiger charge is 2.32. The number of nitrogens with two attached hydrogens (primary N) is 1. The monoisotopic (exact) mass is 198 g/mol. The van der Waals surface area contributed by atoms with Gasteiger partial charge >= 0.3 is 0 Å². The summed E-state index contributed by atoms with van der Waals surface area (Å²) in [6.07, 6.45) is 8.86. The first-order chi connectivity index (χ1) is 6.73. The van der Waals surface area contributed by atoms with E-state index in [1.165, 1.54) is 58.0 Å². The van der Waals surface area contributed by atoms with Gasteiger partial charge in [0.1, 0.15) is 0 Å². The normalized spacial score (nSPS) is 21.4. The van der Waals surface area contributed by atoms with Crippen molar-refractivity contribution in [2.24, 2.45) is 5.73 Å². The van der Waals surface area contributed by atoms with Crippen molar-refractivity contribution in [1.29, 1.82) is 0 Å². The predicted octanol–water partition coefficient (Wildman–Crippen LogP) is 2.73. The standard InChI is InChI=1S/C12H26N2/c1-3-10-14(11-4-2)12(13)8-6-5-7-9-12/h3-11,13H2,1-2H3. The summed E-state index contributed by atoms with van der Waals surface area (Å²) in [5.41, 5.74) is 6.53. The predicted molar refractivity (Wildman–Crippen MR) is 62.2 cm³/mol. The van der Waals surface area contributed by atoms with Gasteiger partial charge in [0.25, 0.3) is 0 Å². The van der Waals surface area contributed by atoms with Gasteiger partial charge in [-0.2, -0.15) is 0 Å². The number of rotatable bonds is 5. The Labute approximate surface area is 88.8 Å². The summed E-state index contributed by atoms with van der Waals surface area (Å²) in [5.74, 6) is 0. The highest BCUT2D eigenvalue weighted by atomic mass is 15.3. The SMILES string of the molecule is CCCN(CCC)C1(N)CCCCC1. The third kappa shape index (κ3) is 2.96. The fourth-order valence-electron chi connectivity index (χ4n) is 2.58. The Balaban J connectivity index is 2.53. The van der Waals surface area contributed by atoms with Crippen LogP contribution in [0.5, 0.6) is 0 Å². The first-order valence-electron chi connectivity index (χ1n) is 6.27. The first kappa shape index (κ1) is 12.0. The molecule has 1 saturated carbocycles. The van der Waals surface area contributed by atoms with Gasteiger partial charge in [-0.3, -0.25) is 4.90 Å². The van der Waals surface area contributed by atoms with Crippen molar-refractivity contribution in [2.45, 2.75) is 64.5 Å². The summed E-state index contributed by atoms with van der Waals surface area (Å²) in [6, 6.07) is 0. The van der Waals surface area contributed by atoms with Crippen LogP contribution in [0, 0.1) is 0 Å². The zero-order valence-corrected chi connectivity index (χ0v) is 9.89. The smallest absolute Gasteiger partial charge is 0.0687 e. The molecule has 0 unspecified atom stereocenters. The Kier molecular flexibility index (Phi) is 4.90. The topological polar surface area (TPSA) is 29.3 Å². The van der Waals surface area contributed by atoms with Crippen LogP contribution < -0.4 is 5.73 Å². The van der Waals surface area contributed by atoms with E-state index in [-0.39, 0.29) is 5.66 Å². The molecule has 2 N–H and O–H groups in total. The molecular formula is C12H26N2. The highest BCUT2D eigenvalue weighted by molar-refractivity contribution is 4.87. The molecule has 14 heavy (non-hydrogen) atoms. The summed E-state index contributed by atoms with van der Waals surface area (Å²) >= 11 is 0. The van der Waals surface area contributed by atoms with Crippen LogP contribution >= 0.6 is 0 Å². The van der Waals surface area contributed by atoms with E-state index in [0.717, 1.165) is 0 Å². The minimum atomic E-state index is 0.0320. The lowest BCUT2D eigenvalue weighted by molar-refractivity contribution is 0.0549.